The molecule has 0 spiro atoms. The van der Waals surface area contributed by atoms with Crippen LogP contribution in [0.25, 0.3) is 0 Å². The maximum absolute atomic E-state index is 12.1. The molecule has 1 rings (SSSR count). The van der Waals surface area contributed by atoms with E-state index in [4.69, 9.17) is 4.43 Å². The number of anilines is 1. The van der Waals surface area contributed by atoms with Crippen LogP contribution in [0.4, 0.5) is 5.69 Å². The van der Waals surface area contributed by atoms with Gasteiger partial charge < -0.3 is 14.6 Å². The molecule has 134 valence electrons. The second kappa shape index (κ2) is 7.94. The number of benzene rings is 1. The van der Waals surface area contributed by atoms with E-state index in [9.17, 15) is 9.59 Å². The van der Waals surface area contributed by atoms with Crippen LogP contribution in [-0.2, 0) is 9.22 Å². The summed E-state index contributed by atoms with van der Waals surface area (Å²) in [5.74, 6) is -0.362. The Labute approximate surface area is 146 Å². The van der Waals surface area contributed by atoms with Gasteiger partial charge >= 0.3 is 0 Å². The summed E-state index contributed by atoms with van der Waals surface area (Å²) in [4.78, 5) is 26.0. The molecule has 0 aliphatic heterocycles. The van der Waals surface area contributed by atoms with Crippen LogP contribution in [0.2, 0.25) is 18.1 Å². The molecule has 1 aromatic rings. The summed E-state index contributed by atoms with van der Waals surface area (Å²) in [6, 6.07) is 7.25. The van der Waals surface area contributed by atoms with Crippen molar-refractivity contribution < 1.29 is 14.0 Å². The minimum atomic E-state index is -1.94. The Bertz CT molecular complexity index is 575. The van der Waals surface area contributed by atoms with Gasteiger partial charge in [0.1, 0.15) is 0 Å². The molecule has 24 heavy (non-hydrogen) atoms. The lowest BCUT2D eigenvalue weighted by Gasteiger charge is -2.35. The molecule has 0 fully saturated rings. The van der Waals surface area contributed by atoms with Gasteiger partial charge in [0.15, 0.2) is 14.1 Å². The number of hydrogen-bond donors (Lipinski definition) is 1. The van der Waals surface area contributed by atoms with E-state index in [-0.39, 0.29) is 29.9 Å². The van der Waals surface area contributed by atoms with Gasteiger partial charge in [0.2, 0.25) is 0 Å². The van der Waals surface area contributed by atoms with Crippen LogP contribution >= 0.6 is 0 Å². The zero-order valence-electron chi connectivity index (χ0n) is 15.9. The number of amides is 1. The summed E-state index contributed by atoms with van der Waals surface area (Å²) in [7, 11) is 1.94. The van der Waals surface area contributed by atoms with Gasteiger partial charge in [0.25, 0.3) is 5.91 Å². The summed E-state index contributed by atoms with van der Waals surface area (Å²) < 4.78 is 5.87. The molecule has 0 saturated carbocycles. The molecular weight excluding hydrogens is 320 g/mol. The maximum atomic E-state index is 12.1. The maximum Gasteiger partial charge on any atom is 0.251 e. The van der Waals surface area contributed by atoms with Gasteiger partial charge in [0.05, 0.1) is 13.2 Å². The zero-order valence-corrected chi connectivity index (χ0v) is 16.9. The van der Waals surface area contributed by atoms with E-state index in [1.54, 1.807) is 12.1 Å². The van der Waals surface area contributed by atoms with E-state index in [0.29, 0.717) is 5.56 Å². The van der Waals surface area contributed by atoms with Crippen LogP contribution in [0.5, 0.6) is 0 Å². The van der Waals surface area contributed by atoms with Crippen LogP contribution in [0.3, 0.4) is 0 Å². The van der Waals surface area contributed by atoms with Crippen molar-refractivity contribution in [3.63, 3.8) is 0 Å². The minimum Gasteiger partial charge on any atom is -0.409 e. The van der Waals surface area contributed by atoms with Crippen LogP contribution in [-0.4, -0.2) is 47.3 Å². The smallest absolute Gasteiger partial charge is 0.251 e. The van der Waals surface area contributed by atoms with Crippen molar-refractivity contribution in [2.24, 2.45) is 0 Å². The highest BCUT2D eigenvalue weighted by atomic mass is 28.4. The predicted molar refractivity (Wildman–Crippen MR) is 101 cm³/mol. The van der Waals surface area contributed by atoms with E-state index in [1.807, 2.05) is 31.1 Å². The molecule has 0 aromatic heterocycles. The Morgan fingerprint density at radius 1 is 1.12 bits per heavy atom. The van der Waals surface area contributed by atoms with E-state index < -0.39 is 8.32 Å². The molecule has 0 atom stereocenters. The fourth-order valence-electron chi connectivity index (χ4n) is 1.72. The van der Waals surface area contributed by atoms with E-state index in [2.05, 4.69) is 39.2 Å². The Hall–Kier alpha value is -1.66. The lowest BCUT2D eigenvalue weighted by molar-refractivity contribution is -0.120. The van der Waals surface area contributed by atoms with E-state index in [1.165, 1.54) is 0 Å². The minimum absolute atomic E-state index is 0.0110. The molecule has 1 N–H and O–H groups in total. The quantitative estimate of drug-likeness (QED) is 0.768. The SMILES string of the molecule is CN(C)c1ccc(C(=O)NCC(=O)CO[Si](C)(C)C(C)(C)C)cc1. The van der Waals surface area contributed by atoms with Gasteiger partial charge in [-0.15, -0.1) is 0 Å². The third-order valence-corrected chi connectivity index (χ3v) is 8.97. The normalized spacial score (nSPS) is 12.0. The number of rotatable bonds is 7. The monoisotopic (exact) mass is 350 g/mol. The van der Waals surface area contributed by atoms with Gasteiger partial charge in [-0.3, -0.25) is 9.59 Å². The van der Waals surface area contributed by atoms with Crippen molar-refractivity contribution in [1.82, 2.24) is 5.32 Å². The lowest BCUT2D eigenvalue weighted by Crippen LogP contribution is -2.43. The predicted octanol–water partition coefficient (Wildman–Crippen LogP) is 3.07. The van der Waals surface area contributed by atoms with Gasteiger partial charge in [-0.2, -0.15) is 0 Å². The average Bonchev–Trinajstić information content (AvgIpc) is 2.49. The standard InChI is InChI=1S/C18H30N2O3Si/c1-18(2,3)24(6,7)23-13-16(21)12-19-17(22)14-8-10-15(11-9-14)20(4)5/h8-11H,12-13H2,1-7H3,(H,19,22). The van der Waals surface area contributed by atoms with Crippen molar-refractivity contribution in [2.75, 3.05) is 32.1 Å². The molecule has 5 nitrogen and oxygen atoms in total. The molecule has 1 aromatic carbocycles. The van der Waals surface area contributed by atoms with Gasteiger partial charge in [-0.05, 0) is 42.4 Å². The van der Waals surface area contributed by atoms with E-state index >= 15 is 0 Å². The highest BCUT2D eigenvalue weighted by Gasteiger charge is 2.37. The van der Waals surface area contributed by atoms with E-state index in [0.717, 1.165) is 5.69 Å². The third kappa shape index (κ3) is 5.76. The first-order valence-electron chi connectivity index (χ1n) is 8.15. The number of ketones is 1. The second-order valence-electron chi connectivity index (χ2n) is 7.71. The lowest BCUT2D eigenvalue weighted by atomic mass is 10.2. The molecule has 1 amide bonds. The number of nitrogens with zero attached hydrogens (tertiary/aromatic N) is 1. The van der Waals surface area contributed by atoms with Gasteiger partial charge in [-0.25, -0.2) is 0 Å². The molecule has 0 aliphatic carbocycles. The number of carbonyl (C=O) groups excluding carboxylic acids is 2. The molecular formula is C18H30N2O3Si. The van der Waals surface area contributed by atoms with Gasteiger partial charge in [-0.1, -0.05) is 20.8 Å². The zero-order chi connectivity index (χ0) is 18.5. The molecule has 0 aliphatic rings. The van der Waals surface area contributed by atoms with Crippen LogP contribution in [0, 0.1) is 0 Å². The average molecular weight is 351 g/mol. The number of hydrogen-bond acceptors (Lipinski definition) is 4. The number of Topliss-reactive ketones (excluding diaryl/α,β-unsaturated/α-hetero) is 1. The fourth-order valence-corrected chi connectivity index (χ4v) is 2.68. The van der Waals surface area contributed by atoms with Crippen molar-refractivity contribution in [1.29, 1.82) is 0 Å². The Morgan fingerprint density at radius 3 is 2.12 bits per heavy atom. The Kier molecular flexibility index (Phi) is 6.74. The first kappa shape index (κ1) is 20.4. The third-order valence-electron chi connectivity index (χ3n) is 4.49. The molecule has 0 heterocycles. The van der Waals surface area contributed by atoms with Crippen LogP contribution in [0.15, 0.2) is 24.3 Å². The highest BCUT2D eigenvalue weighted by Crippen LogP contribution is 2.36. The molecule has 0 unspecified atom stereocenters. The number of nitrogens with one attached hydrogen (secondary N) is 1. The summed E-state index contributed by atoms with van der Waals surface area (Å²) >= 11 is 0. The highest BCUT2D eigenvalue weighted by molar-refractivity contribution is 6.74. The van der Waals surface area contributed by atoms with Crippen molar-refractivity contribution in [3.05, 3.63) is 29.8 Å². The second-order valence-corrected chi connectivity index (χ2v) is 12.5. The summed E-state index contributed by atoms with van der Waals surface area (Å²) in [5, 5.41) is 2.72. The number of carbonyl (C=O) groups is 2. The largest absolute Gasteiger partial charge is 0.409 e. The van der Waals surface area contributed by atoms with Crippen molar-refractivity contribution in [3.8, 4) is 0 Å². The Balaban J connectivity index is 2.48. The van der Waals surface area contributed by atoms with Crippen molar-refractivity contribution >= 4 is 25.7 Å². The summed E-state index contributed by atoms with van der Waals surface area (Å²) in [5.41, 5.74) is 1.56. The van der Waals surface area contributed by atoms with Crippen molar-refractivity contribution in [2.45, 2.75) is 38.9 Å². The summed E-state index contributed by atoms with van der Waals surface area (Å²) in [6.45, 7) is 10.6. The molecule has 0 radical (unpaired) electrons. The molecule has 0 bridgehead atoms. The fraction of sp³-hybridized carbons (Fsp3) is 0.556. The topological polar surface area (TPSA) is 58.6 Å². The molecule has 0 saturated heterocycles. The summed E-state index contributed by atoms with van der Waals surface area (Å²) in [6.07, 6.45) is 0. The first-order valence-corrected chi connectivity index (χ1v) is 11.1. The van der Waals surface area contributed by atoms with Gasteiger partial charge in [0, 0.05) is 25.3 Å². The first-order chi connectivity index (χ1) is 10.9. The Morgan fingerprint density at radius 2 is 1.67 bits per heavy atom. The van der Waals surface area contributed by atoms with Crippen LogP contribution < -0.4 is 10.2 Å². The van der Waals surface area contributed by atoms with Crippen LogP contribution in [0.1, 0.15) is 31.1 Å². The molecule has 6 heteroatoms.